The minimum absolute atomic E-state index is 0.0144. The van der Waals surface area contributed by atoms with Crippen LogP contribution in [0.1, 0.15) is 15.9 Å². The Kier molecular flexibility index (Phi) is 5.36. The quantitative estimate of drug-likeness (QED) is 0.551. The van der Waals surface area contributed by atoms with Crippen molar-refractivity contribution in [3.05, 3.63) is 62.9 Å². The highest BCUT2D eigenvalue weighted by Crippen LogP contribution is 2.36. The van der Waals surface area contributed by atoms with Crippen LogP contribution in [0, 0.1) is 0 Å². The van der Waals surface area contributed by atoms with Gasteiger partial charge in [-0.15, -0.1) is 0 Å². The monoisotopic (exact) mass is 429 g/mol. The van der Waals surface area contributed by atoms with Crippen molar-refractivity contribution in [1.29, 1.82) is 0 Å². The predicted octanol–water partition coefficient (Wildman–Crippen LogP) is 1.73. The molecular formula is C19H15N3O5S2. The molecule has 0 bridgehead atoms. The van der Waals surface area contributed by atoms with Gasteiger partial charge in [0.05, 0.1) is 4.91 Å². The highest BCUT2D eigenvalue weighted by molar-refractivity contribution is 8.26. The van der Waals surface area contributed by atoms with Gasteiger partial charge in [-0.1, -0.05) is 30.0 Å². The molecule has 3 heterocycles. The van der Waals surface area contributed by atoms with Crippen molar-refractivity contribution in [3.8, 4) is 11.5 Å². The molecule has 8 nitrogen and oxygen atoms in total. The number of nitrogens with one attached hydrogen (secondary N) is 2. The fourth-order valence-corrected chi connectivity index (χ4v) is 4.13. The molecule has 0 radical (unpaired) electrons. The van der Waals surface area contributed by atoms with Gasteiger partial charge in [0.15, 0.2) is 11.5 Å². The largest absolute Gasteiger partial charge is 0.454 e. The van der Waals surface area contributed by atoms with E-state index in [1.165, 1.54) is 28.9 Å². The zero-order valence-electron chi connectivity index (χ0n) is 15.0. The van der Waals surface area contributed by atoms with Crippen LogP contribution in [0.4, 0.5) is 0 Å². The topological polar surface area (TPSA) is 101 Å². The minimum Gasteiger partial charge on any atom is -0.454 e. The summed E-state index contributed by atoms with van der Waals surface area (Å²) in [6.07, 6.45) is 3.19. The van der Waals surface area contributed by atoms with Crippen LogP contribution in [-0.2, 0) is 4.79 Å². The van der Waals surface area contributed by atoms with Gasteiger partial charge >= 0.3 is 0 Å². The third-order valence-corrected chi connectivity index (χ3v) is 5.63. The summed E-state index contributed by atoms with van der Waals surface area (Å²) in [6, 6.07) is 8.42. The number of thiocarbonyl (C=S) groups is 1. The van der Waals surface area contributed by atoms with Crippen LogP contribution in [0.15, 0.2) is 46.2 Å². The Hall–Kier alpha value is -3.11. The molecule has 0 spiro atoms. The van der Waals surface area contributed by atoms with Gasteiger partial charge in [0.1, 0.15) is 9.88 Å². The number of rotatable bonds is 5. The van der Waals surface area contributed by atoms with Gasteiger partial charge in [-0.25, -0.2) is 0 Å². The van der Waals surface area contributed by atoms with E-state index in [-0.39, 0.29) is 31.4 Å². The molecule has 2 N–H and O–H groups in total. The lowest BCUT2D eigenvalue weighted by Crippen LogP contribution is -2.38. The number of amides is 2. The molecule has 10 heteroatoms. The first-order valence-electron chi connectivity index (χ1n) is 8.64. The lowest BCUT2D eigenvalue weighted by Gasteiger charge is -2.14. The number of thioether (sulfide) groups is 1. The maximum absolute atomic E-state index is 12.7. The number of ether oxygens (including phenoxy) is 2. The smallest absolute Gasteiger partial charge is 0.266 e. The Balaban J connectivity index is 1.39. The molecule has 0 unspecified atom stereocenters. The second kappa shape index (κ2) is 8.10. The number of fused-ring (bicyclic) bond motifs is 1. The Labute approximate surface area is 174 Å². The molecule has 1 saturated heterocycles. The fraction of sp³-hybridized carbons (Fsp3) is 0.158. The van der Waals surface area contributed by atoms with E-state index in [2.05, 4.69) is 10.3 Å². The molecule has 2 aliphatic heterocycles. The number of hydrogen-bond donors (Lipinski definition) is 2. The summed E-state index contributed by atoms with van der Waals surface area (Å²) in [5.74, 6) is 0.563. The van der Waals surface area contributed by atoms with Crippen molar-refractivity contribution >= 4 is 46.2 Å². The third kappa shape index (κ3) is 4.03. The Morgan fingerprint density at radius 2 is 2.10 bits per heavy atom. The van der Waals surface area contributed by atoms with Crippen molar-refractivity contribution < 1.29 is 19.1 Å². The van der Waals surface area contributed by atoms with Gasteiger partial charge < -0.3 is 19.8 Å². The Morgan fingerprint density at radius 3 is 2.93 bits per heavy atom. The number of pyridine rings is 1. The zero-order valence-corrected chi connectivity index (χ0v) is 16.6. The number of hydrogen-bond acceptors (Lipinski definition) is 7. The van der Waals surface area contributed by atoms with Gasteiger partial charge in [0, 0.05) is 19.3 Å². The number of carbonyl (C=O) groups excluding carboxylic acids is 2. The maximum Gasteiger partial charge on any atom is 0.266 e. The van der Waals surface area contributed by atoms with Gasteiger partial charge in [-0.3, -0.25) is 19.3 Å². The molecule has 1 aromatic carbocycles. The average Bonchev–Trinajstić information content (AvgIpc) is 3.27. The lowest BCUT2D eigenvalue weighted by molar-refractivity contribution is -0.122. The minimum atomic E-state index is -0.506. The molecular weight excluding hydrogens is 414 g/mol. The van der Waals surface area contributed by atoms with E-state index in [4.69, 9.17) is 21.7 Å². The van der Waals surface area contributed by atoms with Crippen LogP contribution in [0.2, 0.25) is 0 Å². The first kappa shape index (κ1) is 19.2. The number of benzene rings is 1. The Morgan fingerprint density at radius 1 is 1.28 bits per heavy atom. The second-order valence-electron chi connectivity index (χ2n) is 6.11. The summed E-state index contributed by atoms with van der Waals surface area (Å²) in [7, 11) is 0. The van der Waals surface area contributed by atoms with Crippen LogP contribution in [0.25, 0.3) is 6.08 Å². The van der Waals surface area contributed by atoms with Gasteiger partial charge in [0.2, 0.25) is 6.79 Å². The average molecular weight is 429 g/mol. The first-order chi connectivity index (χ1) is 14.0. The summed E-state index contributed by atoms with van der Waals surface area (Å²) < 4.78 is 11.0. The number of carbonyl (C=O) groups is 2. The fourth-order valence-electron chi connectivity index (χ4n) is 2.82. The molecule has 2 aromatic rings. The van der Waals surface area contributed by atoms with E-state index in [0.29, 0.717) is 20.7 Å². The SMILES string of the molecule is O=C(NCCN1C(=O)/C(=C\c2ccc3c(c2)OCO3)SC1=S)c1ccc[nH]c1=O. The zero-order chi connectivity index (χ0) is 20.4. The van der Waals surface area contributed by atoms with Crippen molar-refractivity contribution in [2.45, 2.75) is 0 Å². The molecule has 148 valence electrons. The molecule has 0 atom stereocenters. The summed E-state index contributed by atoms with van der Waals surface area (Å²) in [6.45, 7) is 0.554. The summed E-state index contributed by atoms with van der Waals surface area (Å²) in [5.41, 5.74) is 0.342. The normalized spacial score (nSPS) is 16.6. The van der Waals surface area contributed by atoms with E-state index in [1.54, 1.807) is 24.3 Å². The van der Waals surface area contributed by atoms with Gasteiger partial charge in [0.25, 0.3) is 17.4 Å². The molecule has 0 saturated carbocycles. The lowest BCUT2D eigenvalue weighted by atomic mass is 10.2. The van der Waals surface area contributed by atoms with Gasteiger partial charge in [-0.05, 0) is 35.9 Å². The van der Waals surface area contributed by atoms with Crippen LogP contribution in [0.3, 0.4) is 0 Å². The van der Waals surface area contributed by atoms with Crippen molar-refractivity contribution in [1.82, 2.24) is 15.2 Å². The number of aromatic amines is 1. The third-order valence-electron chi connectivity index (χ3n) is 4.25. The Bertz CT molecular complexity index is 1100. The number of aromatic nitrogens is 1. The van der Waals surface area contributed by atoms with E-state index < -0.39 is 11.5 Å². The van der Waals surface area contributed by atoms with E-state index in [0.717, 1.165) is 5.56 Å². The molecule has 1 fully saturated rings. The van der Waals surface area contributed by atoms with Crippen molar-refractivity contribution in [2.75, 3.05) is 19.9 Å². The summed E-state index contributed by atoms with van der Waals surface area (Å²) in [4.78, 5) is 40.8. The maximum atomic E-state index is 12.7. The first-order valence-corrected chi connectivity index (χ1v) is 9.86. The number of H-pyrrole nitrogens is 1. The number of nitrogens with zero attached hydrogens (tertiary/aromatic N) is 1. The van der Waals surface area contributed by atoms with Crippen molar-refractivity contribution in [3.63, 3.8) is 0 Å². The van der Waals surface area contributed by atoms with Gasteiger partial charge in [-0.2, -0.15) is 0 Å². The molecule has 0 aliphatic carbocycles. The molecule has 4 rings (SSSR count). The van der Waals surface area contributed by atoms with E-state index >= 15 is 0 Å². The van der Waals surface area contributed by atoms with E-state index in [1.807, 2.05) is 6.07 Å². The highest BCUT2D eigenvalue weighted by Gasteiger charge is 2.31. The second-order valence-corrected chi connectivity index (χ2v) is 7.79. The standard InChI is InChI=1S/C19H15N3O5S2/c23-16-12(2-1-5-20-16)17(24)21-6-7-22-18(25)15(29-19(22)28)9-11-3-4-13-14(8-11)27-10-26-13/h1-5,8-9H,6-7,10H2,(H,20,23)(H,21,24)/b15-9+. The van der Waals surface area contributed by atoms with Crippen LogP contribution >= 0.6 is 24.0 Å². The molecule has 2 amide bonds. The predicted molar refractivity (Wildman–Crippen MR) is 112 cm³/mol. The molecule has 1 aromatic heterocycles. The summed E-state index contributed by atoms with van der Waals surface area (Å²) in [5, 5.41) is 2.63. The highest BCUT2D eigenvalue weighted by atomic mass is 32.2. The van der Waals surface area contributed by atoms with Crippen LogP contribution < -0.4 is 20.3 Å². The van der Waals surface area contributed by atoms with Crippen LogP contribution in [-0.4, -0.2) is 45.9 Å². The molecule has 2 aliphatic rings. The summed E-state index contributed by atoms with van der Waals surface area (Å²) >= 11 is 6.50. The van der Waals surface area contributed by atoms with Crippen LogP contribution in [0.5, 0.6) is 11.5 Å². The molecule has 29 heavy (non-hydrogen) atoms. The van der Waals surface area contributed by atoms with Crippen molar-refractivity contribution in [2.24, 2.45) is 0 Å². The van der Waals surface area contributed by atoms with E-state index in [9.17, 15) is 14.4 Å².